The third-order valence-corrected chi connectivity index (χ3v) is 2.58. The first-order valence-electron chi connectivity index (χ1n) is 5.61. The average molecular weight is 237 g/mol. The van der Waals surface area contributed by atoms with Gasteiger partial charge in [-0.1, -0.05) is 6.07 Å². The number of ether oxygens (including phenoxy) is 3. The van der Waals surface area contributed by atoms with E-state index in [1.165, 1.54) is 0 Å². The molecule has 1 aromatic rings. The predicted octanol–water partition coefficient (Wildman–Crippen LogP) is 2.26. The van der Waals surface area contributed by atoms with Crippen molar-refractivity contribution in [3.8, 4) is 17.2 Å². The lowest BCUT2D eigenvalue weighted by atomic mass is 10.3. The van der Waals surface area contributed by atoms with E-state index in [0.29, 0.717) is 30.3 Å². The number of para-hydroxylation sites is 1. The molecule has 0 bridgehead atoms. The van der Waals surface area contributed by atoms with Crippen molar-refractivity contribution in [1.82, 2.24) is 4.90 Å². The quantitative estimate of drug-likeness (QED) is 0.809. The molecule has 5 heteroatoms. The number of hydrogen-bond donors (Lipinski definition) is 0. The molecule has 0 fully saturated rings. The number of nitrogens with zero attached hydrogens (tertiary/aromatic N) is 1. The van der Waals surface area contributed by atoms with Crippen LogP contribution in [-0.2, 0) is 0 Å². The fourth-order valence-electron chi connectivity index (χ4n) is 1.62. The molecule has 1 aliphatic heterocycles. The zero-order valence-corrected chi connectivity index (χ0v) is 9.93. The summed E-state index contributed by atoms with van der Waals surface area (Å²) >= 11 is 0. The highest BCUT2D eigenvalue weighted by molar-refractivity contribution is 5.72. The first-order valence-corrected chi connectivity index (χ1v) is 5.61. The van der Waals surface area contributed by atoms with E-state index in [4.69, 9.17) is 14.2 Å². The minimum Gasteiger partial charge on any atom is -0.453 e. The van der Waals surface area contributed by atoms with Gasteiger partial charge in [-0.25, -0.2) is 4.79 Å². The van der Waals surface area contributed by atoms with Crippen LogP contribution in [0.5, 0.6) is 17.2 Å². The van der Waals surface area contributed by atoms with Crippen molar-refractivity contribution in [2.75, 3.05) is 19.9 Å². The summed E-state index contributed by atoms with van der Waals surface area (Å²) in [4.78, 5) is 13.4. The molecule has 0 atom stereocenters. The molecule has 1 aliphatic rings. The van der Waals surface area contributed by atoms with Crippen molar-refractivity contribution >= 4 is 6.09 Å². The lowest BCUT2D eigenvalue weighted by Gasteiger charge is -2.18. The van der Waals surface area contributed by atoms with Gasteiger partial charge in [0.05, 0.1) is 0 Å². The smallest absolute Gasteiger partial charge is 0.415 e. The molecule has 0 saturated heterocycles. The number of carbonyl (C=O) groups excluding carboxylic acids is 1. The zero-order valence-electron chi connectivity index (χ0n) is 9.93. The van der Waals surface area contributed by atoms with Gasteiger partial charge in [0, 0.05) is 13.1 Å². The van der Waals surface area contributed by atoms with Crippen molar-refractivity contribution in [1.29, 1.82) is 0 Å². The van der Waals surface area contributed by atoms with E-state index in [9.17, 15) is 4.79 Å². The van der Waals surface area contributed by atoms with Crippen LogP contribution in [0.15, 0.2) is 18.2 Å². The van der Waals surface area contributed by atoms with E-state index < -0.39 is 0 Å². The van der Waals surface area contributed by atoms with Crippen LogP contribution >= 0.6 is 0 Å². The Labute approximate surface area is 99.9 Å². The van der Waals surface area contributed by atoms with Gasteiger partial charge < -0.3 is 19.1 Å². The fourth-order valence-corrected chi connectivity index (χ4v) is 1.62. The van der Waals surface area contributed by atoms with E-state index in [1.807, 2.05) is 13.8 Å². The molecule has 1 heterocycles. The van der Waals surface area contributed by atoms with E-state index in [0.717, 1.165) is 0 Å². The van der Waals surface area contributed by atoms with Gasteiger partial charge in [-0.15, -0.1) is 0 Å². The highest BCUT2D eigenvalue weighted by atomic mass is 16.7. The molecule has 0 spiro atoms. The monoisotopic (exact) mass is 237 g/mol. The van der Waals surface area contributed by atoms with Crippen molar-refractivity contribution in [2.24, 2.45) is 0 Å². The molecule has 0 aromatic heterocycles. The molecule has 0 unspecified atom stereocenters. The molecule has 0 radical (unpaired) electrons. The van der Waals surface area contributed by atoms with Crippen molar-refractivity contribution in [3.05, 3.63) is 18.2 Å². The van der Waals surface area contributed by atoms with E-state index in [1.54, 1.807) is 23.1 Å². The van der Waals surface area contributed by atoms with Gasteiger partial charge >= 0.3 is 6.09 Å². The van der Waals surface area contributed by atoms with E-state index >= 15 is 0 Å². The standard InChI is InChI=1S/C12H15NO4/c1-3-13(4-2)12(14)17-10-7-5-6-9-11(10)16-8-15-9/h5-7H,3-4,8H2,1-2H3. The Morgan fingerprint density at radius 3 is 2.82 bits per heavy atom. The number of benzene rings is 1. The Balaban J connectivity index is 2.14. The third-order valence-electron chi connectivity index (χ3n) is 2.58. The summed E-state index contributed by atoms with van der Waals surface area (Å²) in [5, 5.41) is 0. The number of carbonyl (C=O) groups is 1. The van der Waals surface area contributed by atoms with E-state index in [-0.39, 0.29) is 12.9 Å². The summed E-state index contributed by atoms with van der Waals surface area (Å²) in [6, 6.07) is 5.23. The summed E-state index contributed by atoms with van der Waals surface area (Å²) in [6.45, 7) is 5.19. The summed E-state index contributed by atoms with van der Waals surface area (Å²) in [6.07, 6.45) is -0.376. The molecular weight excluding hydrogens is 222 g/mol. The molecule has 17 heavy (non-hydrogen) atoms. The van der Waals surface area contributed by atoms with Gasteiger partial charge in [-0.05, 0) is 26.0 Å². The Bertz CT molecular complexity index is 415. The Morgan fingerprint density at radius 1 is 1.35 bits per heavy atom. The summed E-state index contributed by atoms with van der Waals surface area (Å²) in [5.41, 5.74) is 0. The molecule has 1 amide bonds. The Morgan fingerprint density at radius 2 is 2.12 bits per heavy atom. The van der Waals surface area contributed by atoms with Crippen LogP contribution in [-0.4, -0.2) is 30.9 Å². The number of hydrogen-bond acceptors (Lipinski definition) is 4. The second kappa shape index (κ2) is 4.95. The summed E-state index contributed by atoms with van der Waals surface area (Å²) in [7, 11) is 0. The largest absolute Gasteiger partial charge is 0.453 e. The van der Waals surface area contributed by atoms with Crippen LogP contribution in [0.2, 0.25) is 0 Å². The van der Waals surface area contributed by atoms with Crippen LogP contribution in [0, 0.1) is 0 Å². The molecule has 0 aliphatic carbocycles. The normalized spacial score (nSPS) is 12.4. The maximum atomic E-state index is 11.8. The van der Waals surface area contributed by atoms with Crippen molar-refractivity contribution in [2.45, 2.75) is 13.8 Å². The van der Waals surface area contributed by atoms with Gasteiger partial charge in [0.2, 0.25) is 12.5 Å². The minimum absolute atomic E-state index is 0.162. The number of fused-ring (bicyclic) bond motifs is 1. The van der Waals surface area contributed by atoms with Crippen LogP contribution in [0.25, 0.3) is 0 Å². The number of rotatable bonds is 3. The maximum Gasteiger partial charge on any atom is 0.415 e. The molecule has 1 aromatic carbocycles. The highest BCUT2D eigenvalue weighted by Gasteiger charge is 2.21. The topological polar surface area (TPSA) is 48.0 Å². The van der Waals surface area contributed by atoms with Crippen LogP contribution in [0.4, 0.5) is 4.79 Å². The average Bonchev–Trinajstić information content (AvgIpc) is 2.80. The molecule has 0 N–H and O–H groups in total. The van der Waals surface area contributed by atoms with Gasteiger partial charge in [-0.3, -0.25) is 0 Å². The predicted molar refractivity (Wildman–Crippen MR) is 61.5 cm³/mol. The zero-order chi connectivity index (χ0) is 12.3. The number of amides is 1. The van der Waals surface area contributed by atoms with Crippen LogP contribution in [0.1, 0.15) is 13.8 Å². The SMILES string of the molecule is CCN(CC)C(=O)Oc1cccc2c1OCO2. The van der Waals surface area contributed by atoms with E-state index in [2.05, 4.69) is 0 Å². The first-order chi connectivity index (χ1) is 8.26. The molecule has 92 valence electrons. The Kier molecular flexibility index (Phi) is 3.37. The lowest BCUT2D eigenvalue weighted by Crippen LogP contribution is -2.33. The van der Waals surface area contributed by atoms with Crippen LogP contribution < -0.4 is 14.2 Å². The first kappa shape index (κ1) is 11.6. The summed E-state index contributed by atoms with van der Waals surface area (Å²) < 4.78 is 15.7. The lowest BCUT2D eigenvalue weighted by molar-refractivity contribution is 0.150. The van der Waals surface area contributed by atoms with Crippen molar-refractivity contribution in [3.63, 3.8) is 0 Å². The highest BCUT2D eigenvalue weighted by Crippen LogP contribution is 2.40. The minimum atomic E-state index is -0.376. The molecular formula is C12H15NO4. The summed E-state index contributed by atoms with van der Waals surface area (Å²) in [5.74, 6) is 1.50. The second-order valence-electron chi connectivity index (χ2n) is 3.53. The van der Waals surface area contributed by atoms with Gasteiger partial charge in [0.25, 0.3) is 0 Å². The van der Waals surface area contributed by atoms with Gasteiger partial charge in [0.1, 0.15) is 0 Å². The van der Waals surface area contributed by atoms with Gasteiger partial charge in [0.15, 0.2) is 11.5 Å². The molecule has 5 nitrogen and oxygen atoms in total. The maximum absolute atomic E-state index is 11.8. The van der Waals surface area contributed by atoms with Crippen LogP contribution in [0.3, 0.4) is 0 Å². The molecule has 2 rings (SSSR count). The second-order valence-corrected chi connectivity index (χ2v) is 3.53. The van der Waals surface area contributed by atoms with Crippen molar-refractivity contribution < 1.29 is 19.0 Å². The third kappa shape index (κ3) is 2.27. The molecule has 0 saturated carbocycles. The Hall–Kier alpha value is -1.91. The van der Waals surface area contributed by atoms with Gasteiger partial charge in [-0.2, -0.15) is 0 Å². The fraction of sp³-hybridized carbons (Fsp3) is 0.417.